The van der Waals surface area contributed by atoms with Gasteiger partial charge in [-0.15, -0.1) is 0 Å². The maximum atomic E-state index is 11.9. The third-order valence-corrected chi connectivity index (χ3v) is 2.17. The maximum Gasteiger partial charge on any atom is 0.288 e. The summed E-state index contributed by atoms with van der Waals surface area (Å²) in [6, 6.07) is 6.45. The Balaban J connectivity index is 2.63. The van der Waals surface area contributed by atoms with Crippen molar-refractivity contribution in [1.82, 2.24) is 0 Å². The molecule has 0 heterocycles. The topological polar surface area (TPSA) is 38.0 Å². The molecule has 0 spiro atoms. The van der Waals surface area contributed by atoms with Crippen molar-refractivity contribution < 1.29 is 8.78 Å². The molecule has 1 aromatic rings. The Morgan fingerprint density at radius 2 is 1.93 bits per heavy atom. The van der Waals surface area contributed by atoms with Crippen LogP contribution in [0.25, 0.3) is 0 Å². The predicted molar refractivity (Wildman–Crippen MR) is 58.7 cm³/mol. The Hall–Kier alpha value is -0.880. The highest BCUT2D eigenvalue weighted by atomic mass is 32.2. The molecule has 0 bridgehead atoms. The number of alkyl halides is 2. The van der Waals surface area contributed by atoms with E-state index in [4.69, 9.17) is 5.73 Å². The van der Waals surface area contributed by atoms with E-state index in [9.17, 15) is 8.78 Å². The van der Waals surface area contributed by atoms with Crippen molar-refractivity contribution in [2.75, 3.05) is 5.32 Å². The van der Waals surface area contributed by atoms with E-state index in [1.807, 2.05) is 0 Å². The van der Waals surface area contributed by atoms with Crippen LogP contribution in [0.15, 0.2) is 29.2 Å². The molecule has 0 amide bonds. The molecule has 0 aliphatic carbocycles. The smallest absolute Gasteiger partial charge is 0.288 e. The summed E-state index contributed by atoms with van der Waals surface area (Å²) < 4.78 is 23.9. The Labute approximate surface area is 89.9 Å². The molecule has 0 unspecified atom stereocenters. The molecule has 0 radical (unpaired) electrons. The highest BCUT2D eigenvalue weighted by Crippen LogP contribution is 2.25. The highest BCUT2D eigenvalue weighted by Gasteiger charge is 2.04. The van der Waals surface area contributed by atoms with Gasteiger partial charge < -0.3 is 11.1 Å². The highest BCUT2D eigenvalue weighted by molar-refractivity contribution is 7.99. The molecule has 14 heavy (non-hydrogen) atoms. The summed E-state index contributed by atoms with van der Waals surface area (Å²) in [6.07, 6.45) is 0. The molecular formula is C8H8F2N2S2. The lowest BCUT2D eigenvalue weighted by atomic mass is 10.3. The summed E-state index contributed by atoms with van der Waals surface area (Å²) in [5.41, 5.74) is 5.93. The number of benzene rings is 1. The van der Waals surface area contributed by atoms with Crippen molar-refractivity contribution >= 4 is 34.8 Å². The average Bonchev–Trinajstić information content (AvgIpc) is 2.06. The van der Waals surface area contributed by atoms with Crippen LogP contribution in [0, 0.1) is 0 Å². The second-order valence-corrected chi connectivity index (χ2v) is 3.90. The molecule has 1 rings (SSSR count). The fourth-order valence-corrected chi connectivity index (χ4v) is 1.48. The fraction of sp³-hybridized carbons (Fsp3) is 0.125. The third kappa shape index (κ3) is 3.89. The molecule has 76 valence electrons. The van der Waals surface area contributed by atoms with Crippen LogP contribution in [-0.4, -0.2) is 10.9 Å². The summed E-state index contributed by atoms with van der Waals surface area (Å²) in [7, 11) is 0. The SMILES string of the molecule is NC(=S)Nc1ccc(SC(F)F)cc1. The number of halogens is 2. The zero-order chi connectivity index (χ0) is 10.6. The van der Waals surface area contributed by atoms with E-state index in [1.165, 1.54) is 0 Å². The number of anilines is 1. The van der Waals surface area contributed by atoms with Crippen LogP contribution < -0.4 is 11.1 Å². The largest absolute Gasteiger partial charge is 0.376 e. The zero-order valence-corrected chi connectivity index (χ0v) is 8.67. The van der Waals surface area contributed by atoms with Gasteiger partial charge in [0, 0.05) is 10.6 Å². The zero-order valence-electron chi connectivity index (χ0n) is 7.04. The minimum absolute atomic E-state index is 0.152. The standard InChI is InChI=1S/C8H8F2N2S2/c9-7(10)14-6-3-1-5(2-4-6)12-8(11)13/h1-4,7H,(H3,11,12,13). The minimum atomic E-state index is -2.40. The number of thiocarbonyl (C=S) groups is 1. The van der Waals surface area contributed by atoms with Gasteiger partial charge in [0.15, 0.2) is 5.11 Å². The van der Waals surface area contributed by atoms with E-state index < -0.39 is 5.76 Å². The van der Waals surface area contributed by atoms with Crippen molar-refractivity contribution in [3.63, 3.8) is 0 Å². The van der Waals surface area contributed by atoms with E-state index in [-0.39, 0.29) is 5.11 Å². The predicted octanol–water partition coefficient (Wildman–Crippen LogP) is 2.66. The van der Waals surface area contributed by atoms with Crippen molar-refractivity contribution in [3.8, 4) is 0 Å². The van der Waals surface area contributed by atoms with Crippen LogP contribution in [0.3, 0.4) is 0 Å². The molecule has 2 nitrogen and oxygen atoms in total. The van der Waals surface area contributed by atoms with Crippen molar-refractivity contribution in [1.29, 1.82) is 0 Å². The van der Waals surface area contributed by atoms with Gasteiger partial charge in [0.2, 0.25) is 0 Å². The molecule has 0 saturated heterocycles. The van der Waals surface area contributed by atoms with Gasteiger partial charge in [0.05, 0.1) is 0 Å². The van der Waals surface area contributed by atoms with Crippen molar-refractivity contribution in [3.05, 3.63) is 24.3 Å². The van der Waals surface area contributed by atoms with Crippen LogP contribution in [0.2, 0.25) is 0 Å². The van der Waals surface area contributed by atoms with Crippen LogP contribution >= 0.6 is 24.0 Å². The van der Waals surface area contributed by atoms with E-state index in [1.54, 1.807) is 24.3 Å². The number of rotatable bonds is 3. The quantitative estimate of drug-likeness (QED) is 0.623. The second kappa shape index (κ2) is 5.11. The molecule has 0 atom stereocenters. The first-order valence-corrected chi connectivity index (χ1v) is 4.98. The molecule has 0 fully saturated rings. The molecule has 0 aliphatic heterocycles. The van der Waals surface area contributed by atoms with Gasteiger partial charge in [-0.1, -0.05) is 11.8 Å². The van der Waals surface area contributed by atoms with E-state index in [2.05, 4.69) is 17.5 Å². The lowest BCUT2D eigenvalue weighted by Gasteiger charge is -2.04. The summed E-state index contributed by atoms with van der Waals surface area (Å²) in [6.45, 7) is 0. The number of hydrogen-bond acceptors (Lipinski definition) is 2. The number of nitrogens with one attached hydrogen (secondary N) is 1. The van der Waals surface area contributed by atoms with Gasteiger partial charge in [-0.2, -0.15) is 8.78 Å². The Bertz CT molecular complexity index is 314. The Morgan fingerprint density at radius 1 is 1.36 bits per heavy atom. The lowest BCUT2D eigenvalue weighted by Crippen LogP contribution is -2.18. The van der Waals surface area contributed by atoms with Gasteiger partial charge in [-0.25, -0.2) is 0 Å². The summed E-state index contributed by atoms with van der Waals surface area (Å²) in [5, 5.41) is 2.85. The molecule has 0 saturated carbocycles. The monoisotopic (exact) mass is 234 g/mol. The summed E-state index contributed by atoms with van der Waals surface area (Å²) in [5.74, 6) is -2.40. The third-order valence-electron chi connectivity index (χ3n) is 1.35. The fourth-order valence-electron chi connectivity index (χ4n) is 0.862. The van der Waals surface area contributed by atoms with Gasteiger partial charge in [-0.05, 0) is 36.5 Å². The van der Waals surface area contributed by atoms with E-state index in [0.717, 1.165) is 0 Å². The first-order chi connectivity index (χ1) is 6.58. The van der Waals surface area contributed by atoms with Crippen molar-refractivity contribution in [2.24, 2.45) is 5.73 Å². The molecule has 0 aliphatic rings. The molecular weight excluding hydrogens is 226 g/mol. The number of hydrogen-bond donors (Lipinski definition) is 2. The minimum Gasteiger partial charge on any atom is -0.376 e. The van der Waals surface area contributed by atoms with Crippen LogP contribution in [0.1, 0.15) is 0 Å². The molecule has 3 N–H and O–H groups in total. The van der Waals surface area contributed by atoms with E-state index in [0.29, 0.717) is 22.3 Å². The molecule has 0 aromatic heterocycles. The summed E-state index contributed by atoms with van der Waals surface area (Å²) in [4.78, 5) is 0.508. The van der Waals surface area contributed by atoms with Crippen LogP contribution in [-0.2, 0) is 0 Å². The van der Waals surface area contributed by atoms with Crippen molar-refractivity contribution in [2.45, 2.75) is 10.7 Å². The van der Waals surface area contributed by atoms with Gasteiger partial charge in [0.1, 0.15) is 0 Å². The first-order valence-electron chi connectivity index (χ1n) is 3.69. The lowest BCUT2D eigenvalue weighted by molar-refractivity contribution is 0.252. The van der Waals surface area contributed by atoms with E-state index >= 15 is 0 Å². The van der Waals surface area contributed by atoms with Crippen LogP contribution in [0.4, 0.5) is 14.5 Å². The Morgan fingerprint density at radius 3 is 2.36 bits per heavy atom. The second-order valence-electron chi connectivity index (χ2n) is 2.39. The molecule has 1 aromatic carbocycles. The first kappa shape index (κ1) is 11.2. The maximum absolute atomic E-state index is 11.9. The number of nitrogens with two attached hydrogens (primary N) is 1. The summed E-state index contributed by atoms with van der Waals surface area (Å²) >= 11 is 5.12. The van der Waals surface area contributed by atoms with Crippen LogP contribution in [0.5, 0.6) is 0 Å². The molecule has 6 heteroatoms. The van der Waals surface area contributed by atoms with Gasteiger partial charge >= 0.3 is 0 Å². The Kier molecular flexibility index (Phi) is 4.09. The normalized spacial score (nSPS) is 10.2. The van der Waals surface area contributed by atoms with Gasteiger partial charge in [0.25, 0.3) is 5.76 Å². The number of thioether (sulfide) groups is 1. The average molecular weight is 234 g/mol. The van der Waals surface area contributed by atoms with Gasteiger partial charge in [-0.3, -0.25) is 0 Å².